The molecule has 0 amide bonds. The van der Waals surface area contributed by atoms with Crippen molar-refractivity contribution in [3.05, 3.63) is 140 Å². The Hall–Kier alpha value is -5.08. The summed E-state index contributed by atoms with van der Waals surface area (Å²) in [6.07, 6.45) is 0. The Kier molecular flexibility index (Phi) is 4.55. The molecule has 0 bridgehead atoms. The molecule has 178 valence electrons. The van der Waals surface area contributed by atoms with Gasteiger partial charge in [-0.15, -0.1) is 0 Å². The number of furan rings is 1. The highest BCUT2D eigenvalue weighted by molar-refractivity contribution is 6.11. The van der Waals surface area contributed by atoms with Crippen LogP contribution in [0.25, 0.3) is 71.7 Å². The molecule has 0 radical (unpaired) electrons. The highest BCUT2D eigenvalue weighted by Crippen LogP contribution is 2.37. The van der Waals surface area contributed by atoms with Gasteiger partial charge in [-0.1, -0.05) is 97.1 Å². The van der Waals surface area contributed by atoms with Crippen LogP contribution in [0.3, 0.4) is 0 Å². The quantitative estimate of drug-likeness (QED) is 0.243. The highest BCUT2D eigenvalue weighted by atomic mass is 16.3. The third-order valence-corrected chi connectivity index (χ3v) is 7.62. The van der Waals surface area contributed by atoms with Crippen molar-refractivity contribution < 1.29 is 4.42 Å². The SMILES string of the molecule is c1ccc(-c2ccc(-n3c4ccccc4c4ccc(-c5ccc6oc7ccccc7c6c5)cc43)cc2)cc1. The van der Waals surface area contributed by atoms with E-state index < -0.39 is 0 Å². The molecule has 0 aliphatic heterocycles. The molecule has 0 fully saturated rings. The number of aromatic nitrogens is 1. The number of para-hydroxylation sites is 2. The maximum atomic E-state index is 6.07. The fourth-order valence-corrected chi connectivity index (χ4v) is 5.77. The van der Waals surface area contributed by atoms with E-state index in [1.807, 2.05) is 12.1 Å². The summed E-state index contributed by atoms with van der Waals surface area (Å²) in [4.78, 5) is 0. The van der Waals surface area contributed by atoms with Crippen molar-refractivity contribution in [1.82, 2.24) is 4.57 Å². The fourth-order valence-electron chi connectivity index (χ4n) is 5.77. The van der Waals surface area contributed by atoms with Gasteiger partial charge in [-0.05, 0) is 64.7 Å². The molecular weight excluding hydrogens is 462 g/mol. The van der Waals surface area contributed by atoms with Gasteiger partial charge < -0.3 is 8.98 Å². The number of hydrogen-bond acceptors (Lipinski definition) is 1. The molecule has 0 saturated heterocycles. The summed E-state index contributed by atoms with van der Waals surface area (Å²) in [6.45, 7) is 0. The first-order valence-corrected chi connectivity index (χ1v) is 12.9. The summed E-state index contributed by atoms with van der Waals surface area (Å²) in [5.41, 5.74) is 10.2. The monoisotopic (exact) mass is 485 g/mol. The smallest absolute Gasteiger partial charge is 0.135 e. The minimum atomic E-state index is 0.920. The molecule has 0 aliphatic carbocycles. The molecule has 8 aromatic rings. The van der Waals surface area contributed by atoms with Gasteiger partial charge in [0.15, 0.2) is 0 Å². The number of rotatable bonds is 3. The highest BCUT2D eigenvalue weighted by Gasteiger charge is 2.14. The van der Waals surface area contributed by atoms with Gasteiger partial charge in [-0.25, -0.2) is 0 Å². The predicted molar refractivity (Wildman–Crippen MR) is 159 cm³/mol. The van der Waals surface area contributed by atoms with E-state index in [-0.39, 0.29) is 0 Å². The summed E-state index contributed by atoms with van der Waals surface area (Å²) >= 11 is 0. The Labute approximate surface area is 220 Å². The van der Waals surface area contributed by atoms with E-state index in [4.69, 9.17) is 4.42 Å². The van der Waals surface area contributed by atoms with Crippen molar-refractivity contribution in [3.8, 4) is 27.9 Å². The largest absolute Gasteiger partial charge is 0.456 e. The minimum absolute atomic E-state index is 0.920. The molecule has 2 nitrogen and oxygen atoms in total. The normalized spacial score (nSPS) is 11.7. The average molecular weight is 486 g/mol. The van der Waals surface area contributed by atoms with Crippen LogP contribution in [0.1, 0.15) is 0 Å². The first-order chi connectivity index (χ1) is 18.8. The van der Waals surface area contributed by atoms with Gasteiger partial charge in [0.2, 0.25) is 0 Å². The van der Waals surface area contributed by atoms with Crippen molar-refractivity contribution in [2.45, 2.75) is 0 Å². The maximum absolute atomic E-state index is 6.07. The molecule has 0 atom stereocenters. The van der Waals surface area contributed by atoms with Crippen molar-refractivity contribution >= 4 is 43.7 Å². The first kappa shape index (κ1) is 21.0. The Balaban J connectivity index is 1.32. The predicted octanol–water partition coefficient (Wildman–Crippen LogP) is 10.0. The summed E-state index contributed by atoms with van der Waals surface area (Å²) in [5.74, 6) is 0. The van der Waals surface area contributed by atoms with E-state index in [1.54, 1.807) is 0 Å². The molecule has 0 N–H and O–H groups in total. The van der Waals surface area contributed by atoms with E-state index in [1.165, 1.54) is 44.1 Å². The van der Waals surface area contributed by atoms with Crippen LogP contribution in [0.5, 0.6) is 0 Å². The molecular formula is C36H23NO. The van der Waals surface area contributed by atoms with E-state index in [2.05, 4.69) is 132 Å². The Morgan fingerprint density at radius 3 is 1.84 bits per heavy atom. The lowest BCUT2D eigenvalue weighted by molar-refractivity contribution is 0.669. The van der Waals surface area contributed by atoms with Gasteiger partial charge in [0.1, 0.15) is 11.2 Å². The van der Waals surface area contributed by atoms with Gasteiger partial charge >= 0.3 is 0 Å². The Morgan fingerprint density at radius 1 is 0.368 bits per heavy atom. The Bertz CT molecular complexity index is 2110. The van der Waals surface area contributed by atoms with Crippen LogP contribution < -0.4 is 0 Å². The zero-order chi connectivity index (χ0) is 25.1. The van der Waals surface area contributed by atoms with E-state index >= 15 is 0 Å². The maximum Gasteiger partial charge on any atom is 0.135 e. The van der Waals surface area contributed by atoms with Crippen molar-refractivity contribution in [2.24, 2.45) is 0 Å². The van der Waals surface area contributed by atoms with Crippen molar-refractivity contribution in [3.63, 3.8) is 0 Å². The van der Waals surface area contributed by atoms with E-state index in [9.17, 15) is 0 Å². The van der Waals surface area contributed by atoms with Crippen LogP contribution in [-0.4, -0.2) is 4.57 Å². The number of benzene rings is 6. The van der Waals surface area contributed by atoms with Gasteiger partial charge in [0.25, 0.3) is 0 Å². The van der Waals surface area contributed by atoms with Gasteiger partial charge in [0, 0.05) is 27.2 Å². The fraction of sp³-hybridized carbons (Fsp3) is 0. The first-order valence-electron chi connectivity index (χ1n) is 12.9. The van der Waals surface area contributed by atoms with Crippen LogP contribution in [-0.2, 0) is 0 Å². The zero-order valence-electron chi connectivity index (χ0n) is 20.6. The van der Waals surface area contributed by atoms with Gasteiger partial charge in [-0.2, -0.15) is 0 Å². The minimum Gasteiger partial charge on any atom is -0.456 e. The van der Waals surface area contributed by atoms with Crippen molar-refractivity contribution in [1.29, 1.82) is 0 Å². The van der Waals surface area contributed by atoms with Gasteiger partial charge in [-0.3, -0.25) is 0 Å². The molecule has 0 aliphatic rings. The summed E-state index contributed by atoms with van der Waals surface area (Å²) in [6, 6.07) is 49.7. The molecule has 0 spiro atoms. The van der Waals surface area contributed by atoms with Crippen LogP contribution in [0.15, 0.2) is 144 Å². The molecule has 2 aromatic heterocycles. The molecule has 6 aromatic carbocycles. The second-order valence-electron chi connectivity index (χ2n) is 9.81. The van der Waals surface area contributed by atoms with E-state index in [0.717, 1.165) is 27.6 Å². The third kappa shape index (κ3) is 3.21. The zero-order valence-corrected chi connectivity index (χ0v) is 20.6. The van der Waals surface area contributed by atoms with Crippen LogP contribution in [0.2, 0.25) is 0 Å². The molecule has 2 heteroatoms. The summed E-state index contributed by atoms with van der Waals surface area (Å²) < 4.78 is 8.45. The lowest BCUT2D eigenvalue weighted by Crippen LogP contribution is -1.94. The third-order valence-electron chi connectivity index (χ3n) is 7.62. The van der Waals surface area contributed by atoms with E-state index in [0.29, 0.717) is 0 Å². The number of fused-ring (bicyclic) bond motifs is 6. The number of nitrogens with zero attached hydrogens (tertiary/aromatic N) is 1. The standard InChI is InChI=1S/C36H23NO/c1-2-8-24(9-3-1)25-14-18-28(19-15-25)37-33-12-6-4-10-29(33)30-20-16-27(23-34(30)37)26-17-21-36-32(22-26)31-11-5-7-13-35(31)38-36/h1-23H. The molecule has 38 heavy (non-hydrogen) atoms. The summed E-state index contributed by atoms with van der Waals surface area (Å²) in [5, 5.41) is 4.82. The lowest BCUT2D eigenvalue weighted by atomic mass is 10.0. The molecule has 2 heterocycles. The summed E-state index contributed by atoms with van der Waals surface area (Å²) in [7, 11) is 0. The van der Waals surface area contributed by atoms with Crippen LogP contribution in [0, 0.1) is 0 Å². The Morgan fingerprint density at radius 2 is 0.974 bits per heavy atom. The number of hydrogen-bond donors (Lipinski definition) is 0. The van der Waals surface area contributed by atoms with Crippen LogP contribution >= 0.6 is 0 Å². The average Bonchev–Trinajstić information content (AvgIpc) is 3.52. The second-order valence-corrected chi connectivity index (χ2v) is 9.81. The molecule has 0 saturated carbocycles. The topological polar surface area (TPSA) is 18.1 Å². The van der Waals surface area contributed by atoms with Crippen LogP contribution in [0.4, 0.5) is 0 Å². The van der Waals surface area contributed by atoms with Gasteiger partial charge in [0.05, 0.1) is 11.0 Å². The second kappa shape index (κ2) is 8.22. The lowest BCUT2D eigenvalue weighted by Gasteiger charge is -2.10. The molecule has 0 unspecified atom stereocenters. The van der Waals surface area contributed by atoms with Crippen molar-refractivity contribution in [2.75, 3.05) is 0 Å². The molecule has 8 rings (SSSR count).